The number of halogens is 1. The van der Waals surface area contributed by atoms with E-state index in [1.807, 2.05) is 57.7 Å². The molecule has 0 radical (unpaired) electrons. The number of aromatic nitrogens is 2. The SMILES string of the molecule is CC.CCOC(=O)c1c(N)nc(N2CCC[C@@H](NC(=O)OC(C)(C)C)C2)n1Cc1ccccc1Cl. The molecule has 1 aromatic heterocycles. The summed E-state index contributed by atoms with van der Waals surface area (Å²) < 4.78 is 12.4. The molecule has 3 rings (SSSR count). The van der Waals surface area contributed by atoms with Gasteiger partial charge >= 0.3 is 12.1 Å². The number of carbonyl (C=O) groups excluding carboxylic acids is 2. The molecule has 0 aliphatic carbocycles. The highest BCUT2D eigenvalue weighted by Gasteiger charge is 2.30. The molecule has 1 aliphatic heterocycles. The van der Waals surface area contributed by atoms with E-state index in [1.165, 1.54) is 0 Å². The van der Waals surface area contributed by atoms with Crippen molar-refractivity contribution in [3.05, 3.63) is 40.5 Å². The van der Waals surface area contributed by atoms with Crippen LogP contribution in [0.15, 0.2) is 24.3 Å². The number of carbonyl (C=O) groups is 2. The quantitative estimate of drug-likeness (QED) is 0.537. The van der Waals surface area contributed by atoms with E-state index in [1.54, 1.807) is 17.6 Å². The maximum Gasteiger partial charge on any atom is 0.407 e. The van der Waals surface area contributed by atoms with Crippen molar-refractivity contribution >= 4 is 35.4 Å². The first-order valence-electron chi connectivity index (χ1n) is 12.1. The molecule has 0 saturated carbocycles. The number of rotatable bonds is 6. The van der Waals surface area contributed by atoms with Crippen LogP contribution in [0.5, 0.6) is 0 Å². The van der Waals surface area contributed by atoms with Gasteiger partial charge < -0.3 is 25.4 Å². The number of hydrogen-bond acceptors (Lipinski definition) is 7. The molecule has 0 spiro atoms. The van der Waals surface area contributed by atoms with Crippen molar-refractivity contribution in [2.45, 2.75) is 72.6 Å². The van der Waals surface area contributed by atoms with E-state index in [2.05, 4.69) is 10.3 Å². The Morgan fingerprint density at radius 1 is 1.26 bits per heavy atom. The Balaban J connectivity index is 0.00000210. The number of alkyl carbamates (subject to hydrolysis) is 1. The van der Waals surface area contributed by atoms with Gasteiger partial charge in [-0.05, 0) is 52.2 Å². The molecule has 9 nitrogen and oxygen atoms in total. The van der Waals surface area contributed by atoms with Gasteiger partial charge in [0.25, 0.3) is 0 Å². The number of benzene rings is 1. The van der Waals surface area contributed by atoms with E-state index in [-0.39, 0.29) is 24.2 Å². The number of imidazole rings is 1. The lowest BCUT2D eigenvalue weighted by Crippen LogP contribution is -2.49. The maximum atomic E-state index is 12.7. The molecule has 1 fully saturated rings. The average molecular weight is 508 g/mol. The van der Waals surface area contributed by atoms with Gasteiger partial charge in [0.2, 0.25) is 5.95 Å². The predicted molar refractivity (Wildman–Crippen MR) is 139 cm³/mol. The van der Waals surface area contributed by atoms with E-state index in [0.29, 0.717) is 30.6 Å². The molecule has 1 aromatic carbocycles. The fourth-order valence-corrected chi connectivity index (χ4v) is 4.01. The zero-order valence-corrected chi connectivity index (χ0v) is 22.3. The van der Waals surface area contributed by atoms with Crippen LogP contribution in [0.1, 0.15) is 70.4 Å². The average Bonchev–Trinajstić information content (AvgIpc) is 3.11. The first kappa shape index (κ1) is 28.3. The van der Waals surface area contributed by atoms with Gasteiger partial charge in [-0.3, -0.25) is 4.57 Å². The zero-order valence-electron chi connectivity index (χ0n) is 21.6. The monoisotopic (exact) mass is 507 g/mol. The minimum absolute atomic E-state index is 0.0951. The molecule has 1 atom stereocenters. The Bertz CT molecular complexity index is 1000. The van der Waals surface area contributed by atoms with Crippen molar-refractivity contribution in [3.63, 3.8) is 0 Å². The van der Waals surface area contributed by atoms with Crippen LogP contribution in [0, 0.1) is 0 Å². The minimum Gasteiger partial charge on any atom is -0.461 e. The minimum atomic E-state index is -0.577. The van der Waals surface area contributed by atoms with Gasteiger partial charge in [-0.25, -0.2) is 9.59 Å². The van der Waals surface area contributed by atoms with Gasteiger partial charge in [-0.1, -0.05) is 43.6 Å². The molecule has 1 aliphatic rings. The summed E-state index contributed by atoms with van der Waals surface area (Å²) in [6.45, 7) is 12.9. The molecule has 35 heavy (non-hydrogen) atoms. The van der Waals surface area contributed by atoms with Gasteiger partial charge in [0.15, 0.2) is 11.5 Å². The van der Waals surface area contributed by atoms with Gasteiger partial charge in [0, 0.05) is 24.2 Å². The molecule has 2 aromatic rings. The van der Waals surface area contributed by atoms with E-state index in [0.717, 1.165) is 18.4 Å². The van der Waals surface area contributed by atoms with Crippen LogP contribution in [-0.2, 0) is 16.0 Å². The van der Waals surface area contributed by atoms with E-state index < -0.39 is 17.7 Å². The normalized spacial score (nSPS) is 15.6. The van der Waals surface area contributed by atoms with E-state index in [9.17, 15) is 9.59 Å². The highest BCUT2D eigenvalue weighted by atomic mass is 35.5. The molecule has 10 heteroatoms. The second-order valence-corrected chi connectivity index (χ2v) is 9.38. The smallest absolute Gasteiger partial charge is 0.407 e. The number of hydrogen-bond donors (Lipinski definition) is 2. The second kappa shape index (κ2) is 12.7. The van der Waals surface area contributed by atoms with Crippen molar-refractivity contribution in [2.24, 2.45) is 0 Å². The first-order chi connectivity index (χ1) is 16.6. The summed E-state index contributed by atoms with van der Waals surface area (Å²) in [5.74, 6) is 0.0881. The van der Waals surface area contributed by atoms with Crippen molar-refractivity contribution < 1.29 is 19.1 Å². The number of nitrogen functional groups attached to an aromatic ring is 1. The largest absolute Gasteiger partial charge is 0.461 e. The predicted octanol–water partition coefficient (Wildman–Crippen LogP) is 4.86. The van der Waals surface area contributed by atoms with Crippen LogP contribution in [0.3, 0.4) is 0 Å². The van der Waals surface area contributed by atoms with Crippen molar-refractivity contribution in [1.29, 1.82) is 0 Å². The number of ether oxygens (including phenoxy) is 2. The molecule has 1 amide bonds. The number of anilines is 2. The Hall–Kier alpha value is -2.94. The lowest BCUT2D eigenvalue weighted by molar-refractivity contribution is 0.0495. The summed E-state index contributed by atoms with van der Waals surface area (Å²) in [6, 6.07) is 7.28. The van der Waals surface area contributed by atoms with Gasteiger partial charge in [-0.15, -0.1) is 0 Å². The van der Waals surface area contributed by atoms with Crippen LogP contribution >= 0.6 is 11.6 Å². The fourth-order valence-electron chi connectivity index (χ4n) is 3.81. The number of esters is 1. The van der Waals surface area contributed by atoms with Crippen LogP contribution in [0.4, 0.5) is 16.6 Å². The number of nitrogens with two attached hydrogens (primary N) is 1. The third kappa shape index (κ3) is 7.78. The van der Waals surface area contributed by atoms with Crippen LogP contribution in [-0.4, -0.2) is 53.0 Å². The number of piperidine rings is 1. The summed E-state index contributed by atoms with van der Waals surface area (Å²) in [4.78, 5) is 31.5. The van der Waals surface area contributed by atoms with Crippen molar-refractivity contribution in [3.8, 4) is 0 Å². The van der Waals surface area contributed by atoms with Gasteiger partial charge in [0.05, 0.1) is 13.2 Å². The summed E-state index contributed by atoms with van der Waals surface area (Å²) in [6.07, 6.45) is 1.18. The lowest BCUT2D eigenvalue weighted by atomic mass is 10.1. The van der Waals surface area contributed by atoms with Crippen molar-refractivity contribution in [1.82, 2.24) is 14.9 Å². The lowest BCUT2D eigenvalue weighted by Gasteiger charge is -2.34. The second-order valence-electron chi connectivity index (χ2n) is 8.98. The molecular formula is C25H38ClN5O4. The third-order valence-corrected chi connectivity index (χ3v) is 5.52. The van der Waals surface area contributed by atoms with Crippen LogP contribution < -0.4 is 16.0 Å². The molecule has 0 bridgehead atoms. The topological polar surface area (TPSA) is 112 Å². The van der Waals surface area contributed by atoms with E-state index in [4.69, 9.17) is 26.8 Å². The van der Waals surface area contributed by atoms with Crippen molar-refractivity contribution in [2.75, 3.05) is 30.3 Å². The van der Waals surface area contributed by atoms with Crippen LogP contribution in [0.2, 0.25) is 5.02 Å². The fraction of sp³-hybridized carbons (Fsp3) is 0.560. The number of nitrogens with zero attached hydrogens (tertiary/aromatic N) is 3. The van der Waals surface area contributed by atoms with Gasteiger partial charge in [0.1, 0.15) is 5.60 Å². The molecular weight excluding hydrogens is 470 g/mol. The molecule has 1 saturated heterocycles. The Labute approximate surface area is 212 Å². The first-order valence-corrected chi connectivity index (χ1v) is 12.5. The molecule has 2 heterocycles. The molecule has 194 valence electrons. The Morgan fingerprint density at radius 3 is 2.57 bits per heavy atom. The number of nitrogens with one attached hydrogen (secondary N) is 1. The maximum absolute atomic E-state index is 12.7. The van der Waals surface area contributed by atoms with E-state index >= 15 is 0 Å². The van der Waals surface area contributed by atoms with Gasteiger partial charge in [-0.2, -0.15) is 4.98 Å². The zero-order chi connectivity index (χ0) is 26.2. The summed E-state index contributed by atoms with van der Waals surface area (Å²) in [7, 11) is 0. The highest BCUT2D eigenvalue weighted by molar-refractivity contribution is 6.31. The molecule has 3 N–H and O–H groups in total. The van der Waals surface area contributed by atoms with Crippen LogP contribution in [0.25, 0.3) is 0 Å². The molecule has 0 unspecified atom stereocenters. The summed E-state index contributed by atoms with van der Waals surface area (Å²) in [5.41, 5.74) is 6.61. The Morgan fingerprint density at radius 2 is 1.94 bits per heavy atom. The summed E-state index contributed by atoms with van der Waals surface area (Å²) >= 11 is 6.39. The standard InChI is InChI=1S/C23H32ClN5O4.C2H6/c1-5-32-20(30)18-19(25)27-21(29(18)13-15-9-6-7-11-17(15)24)28-12-8-10-16(14-28)26-22(31)33-23(2,3)4;1-2/h6-7,9,11,16H,5,8,10,12-14,25H2,1-4H3,(H,26,31);1-2H3/t16-;/m1./s1. The number of amides is 1. The highest BCUT2D eigenvalue weighted by Crippen LogP contribution is 2.28. The summed E-state index contributed by atoms with van der Waals surface area (Å²) in [5, 5.41) is 3.51. The third-order valence-electron chi connectivity index (χ3n) is 5.15. The Kier molecular flexibility index (Phi) is 10.2.